The van der Waals surface area contributed by atoms with E-state index >= 15 is 0 Å². The summed E-state index contributed by atoms with van der Waals surface area (Å²) in [5.41, 5.74) is 0. The molecule has 3 heterocycles. The van der Waals surface area contributed by atoms with E-state index in [0.29, 0.717) is 4.88 Å². The number of amides is 1. The van der Waals surface area contributed by atoms with Crippen molar-refractivity contribution in [2.24, 2.45) is 0 Å². The summed E-state index contributed by atoms with van der Waals surface area (Å²) in [5, 5.41) is 14.1. The maximum Gasteiger partial charge on any atom is 0.324 e. The first-order valence-corrected chi connectivity index (χ1v) is 7.26. The van der Waals surface area contributed by atoms with Gasteiger partial charge < -0.3 is 10.2 Å². The third kappa shape index (κ3) is 2.65. The van der Waals surface area contributed by atoms with Crippen LogP contribution in [0.2, 0.25) is 0 Å². The number of nitro groups is 1. The molecule has 1 N–H and O–H groups in total. The van der Waals surface area contributed by atoms with Crippen LogP contribution >= 0.6 is 23.7 Å². The van der Waals surface area contributed by atoms with Crippen molar-refractivity contribution in [3.8, 4) is 0 Å². The number of nitrogens with one attached hydrogen (secondary N) is 1. The van der Waals surface area contributed by atoms with Gasteiger partial charge in [-0.2, -0.15) is 0 Å². The molecule has 2 saturated heterocycles. The van der Waals surface area contributed by atoms with E-state index in [9.17, 15) is 14.9 Å². The Kier molecular flexibility index (Phi) is 4.62. The van der Waals surface area contributed by atoms with Crippen molar-refractivity contribution in [1.82, 2.24) is 10.2 Å². The van der Waals surface area contributed by atoms with Gasteiger partial charge in [0.25, 0.3) is 5.91 Å². The van der Waals surface area contributed by atoms with Gasteiger partial charge in [0.2, 0.25) is 0 Å². The summed E-state index contributed by atoms with van der Waals surface area (Å²) in [6.45, 7) is 1.77. The van der Waals surface area contributed by atoms with Gasteiger partial charge in [0.1, 0.15) is 0 Å². The highest BCUT2D eigenvalue weighted by atomic mass is 35.5. The van der Waals surface area contributed by atoms with Crippen molar-refractivity contribution in [2.45, 2.75) is 31.3 Å². The number of fused-ring (bicyclic) bond motifs is 2. The lowest BCUT2D eigenvalue weighted by Gasteiger charge is -2.27. The van der Waals surface area contributed by atoms with Crippen molar-refractivity contribution in [1.29, 1.82) is 0 Å². The van der Waals surface area contributed by atoms with Gasteiger partial charge in [-0.25, -0.2) is 0 Å². The average molecular weight is 318 g/mol. The molecule has 1 amide bonds. The molecule has 0 aliphatic carbocycles. The molecule has 2 atom stereocenters. The molecule has 20 heavy (non-hydrogen) atoms. The monoisotopic (exact) mass is 317 g/mol. The smallest absolute Gasteiger partial charge is 0.324 e. The quantitative estimate of drug-likeness (QED) is 0.669. The van der Waals surface area contributed by atoms with Gasteiger partial charge in [0.05, 0.1) is 9.80 Å². The van der Waals surface area contributed by atoms with Crippen molar-refractivity contribution in [3.05, 3.63) is 27.1 Å². The minimum atomic E-state index is -0.444. The molecule has 2 bridgehead atoms. The second-order valence-electron chi connectivity index (χ2n) is 4.99. The van der Waals surface area contributed by atoms with Gasteiger partial charge in [-0.3, -0.25) is 14.9 Å². The Labute approximate surface area is 126 Å². The van der Waals surface area contributed by atoms with Crippen LogP contribution in [0.15, 0.2) is 12.1 Å². The highest BCUT2D eigenvalue weighted by molar-refractivity contribution is 7.17. The van der Waals surface area contributed by atoms with Gasteiger partial charge in [0, 0.05) is 24.7 Å². The number of carbonyl (C=O) groups is 1. The Hall–Kier alpha value is -1.18. The fraction of sp³-hybridized carbons (Fsp3) is 0.583. The second-order valence-corrected chi connectivity index (χ2v) is 6.05. The maximum atomic E-state index is 12.5. The van der Waals surface area contributed by atoms with E-state index in [1.54, 1.807) is 6.07 Å². The number of hydrogen-bond donors (Lipinski definition) is 1. The molecule has 1 aromatic heterocycles. The molecular weight excluding hydrogens is 302 g/mol. The largest absolute Gasteiger partial charge is 0.331 e. The van der Waals surface area contributed by atoms with Crippen LogP contribution in [-0.2, 0) is 0 Å². The summed E-state index contributed by atoms with van der Waals surface area (Å²) < 4.78 is 0. The molecule has 8 heteroatoms. The zero-order valence-electron chi connectivity index (χ0n) is 10.8. The molecule has 0 saturated carbocycles. The lowest BCUT2D eigenvalue weighted by atomic mass is 10.1. The first-order chi connectivity index (χ1) is 9.16. The minimum Gasteiger partial charge on any atom is -0.331 e. The predicted octanol–water partition coefficient (Wildman–Crippen LogP) is 2.04. The van der Waals surface area contributed by atoms with Crippen LogP contribution in [0.4, 0.5) is 5.00 Å². The van der Waals surface area contributed by atoms with Crippen LogP contribution < -0.4 is 5.32 Å². The van der Waals surface area contributed by atoms with Crippen LogP contribution in [0, 0.1) is 10.1 Å². The van der Waals surface area contributed by atoms with Crippen molar-refractivity contribution in [3.63, 3.8) is 0 Å². The zero-order valence-corrected chi connectivity index (χ0v) is 12.4. The van der Waals surface area contributed by atoms with E-state index < -0.39 is 4.92 Å². The van der Waals surface area contributed by atoms with Crippen LogP contribution in [0.3, 0.4) is 0 Å². The summed E-state index contributed by atoms with van der Waals surface area (Å²) in [4.78, 5) is 25.2. The molecule has 2 aliphatic heterocycles. The van der Waals surface area contributed by atoms with E-state index in [2.05, 4.69) is 5.32 Å². The highest BCUT2D eigenvalue weighted by Gasteiger charge is 2.39. The molecule has 6 nitrogen and oxygen atoms in total. The van der Waals surface area contributed by atoms with Gasteiger partial charge >= 0.3 is 5.00 Å². The Bertz CT molecular complexity index is 508. The number of nitrogens with zero attached hydrogens (tertiary/aromatic N) is 2. The topological polar surface area (TPSA) is 75.5 Å². The van der Waals surface area contributed by atoms with Crippen LogP contribution in [-0.4, -0.2) is 40.9 Å². The van der Waals surface area contributed by atoms with E-state index in [4.69, 9.17) is 0 Å². The molecule has 110 valence electrons. The van der Waals surface area contributed by atoms with Gasteiger partial charge in [-0.1, -0.05) is 11.3 Å². The SMILES string of the molecule is Cl.O=C(c1ccc([N+](=O)[O-])s1)N1C2CCNCC1CC2. The molecule has 2 unspecified atom stereocenters. The van der Waals surface area contributed by atoms with Crippen LogP contribution in [0.25, 0.3) is 0 Å². The molecule has 0 spiro atoms. The Morgan fingerprint density at radius 2 is 2.10 bits per heavy atom. The Balaban J connectivity index is 0.00000147. The fourth-order valence-electron chi connectivity index (χ4n) is 2.98. The summed E-state index contributed by atoms with van der Waals surface area (Å²) in [5.74, 6) is -0.0469. The van der Waals surface area contributed by atoms with Gasteiger partial charge in [-0.15, -0.1) is 12.4 Å². The summed E-state index contributed by atoms with van der Waals surface area (Å²) >= 11 is 0.971. The Morgan fingerprint density at radius 3 is 2.80 bits per heavy atom. The van der Waals surface area contributed by atoms with Crippen molar-refractivity contribution in [2.75, 3.05) is 13.1 Å². The molecule has 1 aromatic rings. The fourth-order valence-corrected chi connectivity index (χ4v) is 3.75. The number of rotatable bonds is 2. The number of hydrogen-bond acceptors (Lipinski definition) is 5. The minimum absolute atomic E-state index is 0. The molecule has 2 aliphatic rings. The first kappa shape index (κ1) is 15.2. The third-order valence-corrected chi connectivity index (χ3v) is 4.90. The average Bonchev–Trinajstić information content (AvgIpc) is 2.92. The summed E-state index contributed by atoms with van der Waals surface area (Å²) in [6, 6.07) is 3.51. The first-order valence-electron chi connectivity index (χ1n) is 6.44. The predicted molar refractivity (Wildman–Crippen MR) is 78.7 cm³/mol. The highest BCUT2D eigenvalue weighted by Crippen LogP contribution is 2.32. The lowest BCUT2D eigenvalue weighted by Crippen LogP contribution is -2.42. The summed E-state index contributed by atoms with van der Waals surface area (Å²) in [6.07, 6.45) is 3.04. The zero-order chi connectivity index (χ0) is 13.4. The van der Waals surface area contributed by atoms with Crippen LogP contribution in [0.1, 0.15) is 28.9 Å². The molecule has 3 rings (SSSR count). The van der Waals surface area contributed by atoms with Crippen molar-refractivity contribution >= 4 is 34.7 Å². The van der Waals surface area contributed by atoms with E-state index in [1.165, 1.54) is 6.07 Å². The molecule has 2 fully saturated rings. The van der Waals surface area contributed by atoms with Gasteiger partial charge in [-0.05, 0) is 31.9 Å². The second kappa shape index (κ2) is 6.07. The number of carbonyl (C=O) groups excluding carboxylic acids is 1. The van der Waals surface area contributed by atoms with E-state index in [-0.39, 0.29) is 35.4 Å². The van der Waals surface area contributed by atoms with E-state index in [1.807, 2.05) is 4.90 Å². The number of halogens is 1. The standard InChI is InChI=1S/C12H15N3O3S.ClH/c16-12(10-3-4-11(19-10)15(17)18)14-8-1-2-9(14)7-13-6-5-8;/h3-4,8-9,13H,1-2,5-7H2;1H. The molecular formula is C12H16ClN3O3S. The van der Waals surface area contributed by atoms with E-state index in [0.717, 1.165) is 43.7 Å². The third-order valence-electron chi connectivity index (χ3n) is 3.87. The molecule has 0 radical (unpaired) electrons. The maximum absolute atomic E-state index is 12.5. The van der Waals surface area contributed by atoms with Crippen LogP contribution in [0.5, 0.6) is 0 Å². The Morgan fingerprint density at radius 1 is 1.35 bits per heavy atom. The lowest BCUT2D eigenvalue weighted by molar-refractivity contribution is -0.380. The number of thiophene rings is 1. The van der Waals surface area contributed by atoms with Crippen molar-refractivity contribution < 1.29 is 9.72 Å². The normalized spacial score (nSPS) is 24.9. The van der Waals surface area contributed by atoms with Gasteiger partial charge in [0.15, 0.2) is 0 Å². The molecule has 0 aromatic carbocycles. The summed E-state index contributed by atoms with van der Waals surface area (Å²) in [7, 11) is 0.